The van der Waals surface area contributed by atoms with Gasteiger partial charge in [0.2, 0.25) is 5.88 Å². The first-order chi connectivity index (χ1) is 9.17. The van der Waals surface area contributed by atoms with Crippen LogP contribution in [0.2, 0.25) is 0 Å². The van der Waals surface area contributed by atoms with E-state index in [0.717, 1.165) is 11.4 Å². The number of carbonyl (C=O) groups is 1. The highest BCUT2D eigenvalue weighted by atomic mass is 16.5. The van der Waals surface area contributed by atoms with E-state index in [0.29, 0.717) is 12.5 Å². The molecule has 0 saturated carbocycles. The van der Waals surface area contributed by atoms with Crippen molar-refractivity contribution in [3.8, 4) is 11.6 Å². The minimum absolute atomic E-state index is 0.222. The first kappa shape index (κ1) is 13.1. The Labute approximate surface area is 111 Å². The summed E-state index contributed by atoms with van der Waals surface area (Å²) in [6, 6.07) is 3.36. The van der Waals surface area contributed by atoms with E-state index in [4.69, 9.17) is 9.47 Å². The molecule has 2 aromatic rings. The van der Waals surface area contributed by atoms with E-state index < -0.39 is 5.97 Å². The van der Waals surface area contributed by atoms with E-state index in [1.165, 1.54) is 7.11 Å². The van der Waals surface area contributed by atoms with Crippen molar-refractivity contribution >= 4 is 5.97 Å². The molecule has 0 spiro atoms. The van der Waals surface area contributed by atoms with Crippen LogP contribution in [0.4, 0.5) is 0 Å². The third-order valence-corrected chi connectivity index (χ3v) is 2.60. The quantitative estimate of drug-likeness (QED) is 0.784. The average Bonchev–Trinajstić information content (AvgIpc) is 2.84. The summed E-state index contributed by atoms with van der Waals surface area (Å²) in [5.41, 5.74) is 1.90. The Morgan fingerprint density at radius 1 is 1.42 bits per heavy atom. The van der Waals surface area contributed by atoms with Crippen LogP contribution in [-0.4, -0.2) is 34.2 Å². The molecule has 0 aliphatic heterocycles. The fraction of sp³-hybridized carbons (Fsp3) is 0.308. The summed E-state index contributed by atoms with van der Waals surface area (Å²) >= 11 is 0. The molecule has 0 aliphatic rings. The highest BCUT2D eigenvalue weighted by Crippen LogP contribution is 2.22. The summed E-state index contributed by atoms with van der Waals surface area (Å²) in [5, 5.41) is 0. The zero-order valence-corrected chi connectivity index (χ0v) is 11.1. The second-order valence-electron chi connectivity index (χ2n) is 3.85. The van der Waals surface area contributed by atoms with Gasteiger partial charge in [0, 0.05) is 11.9 Å². The number of methoxy groups -OCH3 is 1. The molecule has 0 unspecified atom stereocenters. The molecular weight excluding hydrogens is 246 g/mol. The standard InChI is InChI=1S/C13H15N3O3/c1-4-19-13(17)10-5-6-11(12(15-10)18-3)16-8-14-7-9(16)2/h5-8H,4H2,1-3H3. The summed E-state index contributed by atoms with van der Waals surface area (Å²) in [4.78, 5) is 19.8. The molecule has 2 heterocycles. The molecule has 2 rings (SSSR count). The van der Waals surface area contributed by atoms with E-state index in [9.17, 15) is 4.79 Å². The topological polar surface area (TPSA) is 66.2 Å². The van der Waals surface area contributed by atoms with Gasteiger partial charge in [0.05, 0.1) is 20.0 Å². The van der Waals surface area contributed by atoms with E-state index >= 15 is 0 Å². The SMILES string of the molecule is CCOC(=O)c1ccc(-n2cncc2C)c(OC)n1. The second kappa shape index (κ2) is 5.51. The van der Waals surface area contributed by atoms with Gasteiger partial charge in [0.25, 0.3) is 0 Å². The van der Waals surface area contributed by atoms with E-state index in [2.05, 4.69) is 9.97 Å². The molecule has 100 valence electrons. The Balaban J connectivity index is 2.43. The molecule has 0 amide bonds. The lowest BCUT2D eigenvalue weighted by Crippen LogP contribution is -2.09. The first-order valence-electron chi connectivity index (χ1n) is 5.88. The Morgan fingerprint density at radius 3 is 2.79 bits per heavy atom. The molecule has 0 fully saturated rings. The van der Waals surface area contributed by atoms with Crippen molar-refractivity contribution in [1.29, 1.82) is 0 Å². The summed E-state index contributed by atoms with van der Waals surface area (Å²) in [6.07, 6.45) is 3.40. The van der Waals surface area contributed by atoms with Gasteiger partial charge in [0.15, 0.2) is 5.69 Å². The van der Waals surface area contributed by atoms with Crippen LogP contribution in [0.1, 0.15) is 23.1 Å². The number of imidazole rings is 1. The largest absolute Gasteiger partial charge is 0.479 e. The minimum Gasteiger partial charge on any atom is -0.479 e. The zero-order valence-electron chi connectivity index (χ0n) is 11.1. The van der Waals surface area contributed by atoms with Gasteiger partial charge in [-0.05, 0) is 26.0 Å². The molecule has 0 saturated heterocycles. The maximum atomic E-state index is 11.6. The fourth-order valence-corrected chi connectivity index (χ4v) is 1.70. The van der Waals surface area contributed by atoms with Gasteiger partial charge in [0.1, 0.15) is 5.69 Å². The van der Waals surface area contributed by atoms with Crippen molar-refractivity contribution < 1.29 is 14.3 Å². The minimum atomic E-state index is -0.463. The molecule has 0 atom stereocenters. The van der Waals surface area contributed by atoms with Crippen LogP contribution in [0, 0.1) is 6.92 Å². The molecule has 6 nitrogen and oxygen atoms in total. The van der Waals surface area contributed by atoms with Crippen LogP contribution in [0.15, 0.2) is 24.7 Å². The second-order valence-corrected chi connectivity index (χ2v) is 3.85. The molecule has 6 heteroatoms. The number of carbonyl (C=O) groups excluding carboxylic acids is 1. The number of nitrogens with zero attached hydrogens (tertiary/aromatic N) is 3. The summed E-state index contributed by atoms with van der Waals surface area (Å²) < 4.78 is 12.0. The Hall–Kier alpha value is -2.37. The monoisotopic (exact) mass is 261 g/mol. The van der Waals surface area contributed by atoms with Gasteiger partial charge in [-0.25, -0.2) is 14.8 Å². The molecule has 2 aromatic heterocycles. The number of pyridine rings is 1. The van der Waals surface area contributed by atoms with Crippen LogP contribution in [0.3, 0.4) is 0 Å². The van der Waals surface area contributed by atoms with Crippen molar-refractivity contribution in [2.24, 2.45) is 0 Å². The maximum Gasteiger partial charge on any atom is 0.357 e. The molecule has 19 heavy (non-hydrogen) atoms. The molecule has 0 aliphatic carbocycles. The third-order valence-electron chi connectivity index (χ3n) is 2.60. The number of esters is 1. The number of aromatic nitrogens is 3. The predicted molar refractivity (Wildman–Crippen MR) is 68.6 cm³/mol. The third kappa shape index (κ3) is 2.57. The Morgan fingerprint density at radius 2 is 2.21 bits per heavy atom. The van der Waals surface area contributed by atoms with E-state index in [-0.39, 0.29) is 5.69 Å². The molecular formula is C13H15N3O3. The summed E-state index contributed by atoms with van der Waals surface area (Å²) in [6.45, 7) is 3.98. The van der Waals surface area contributed by atoms with Crippen LogP contribution >= 0.6 is 0 Å². The van der Waals surface area contributed by atoms with Gasteiger partial charge >= 0.3 is 5.97 Å². The average molecular weight is 261 g/mol. The molecule has 0 aromatic carbocycles. The van der Waals surface area contributed by atoms with Gasteiger partial charge in [-0.2, -0.15) is 0 Å². The lowest BCUT2D eigenvalue weighted by molar-refractivity contribution is 0.0518. The Kier molecular flexibility index (Phi) is 3.79. The van der Waals surface area contributed by atoms with Gasteiger partial charge in [-0.15, -0.1) is 0 Å². The number of rotatable bonds is 4. The highest BCUT2D eigenvalue weighted by Gasteiger charge is 2.14. The summed E-state index contributed by atoms with van der Waals surface area (Å²) in [7, 11) is 1.51. The first-order valence-corrected chi connectivity index (χ1v) is 5.88. The molecule has 0 radical (unpaired) electrons. The lowest BCUT2D eigenvalue weighted by atomic mass is 10.3. The number of ether oxygens (including phenoxy) is 2. The van der Waals surface area contributed by atoms with Gasteiger partial charge in [-0.1, -0.05) is 0 Å². The van der Waals surface area contributed by atoms with Crippen LogP contribution in [0.25, 0.3) is 5.69 Å². The molecule has 0 bridgehead atoms. The fourth-order valence-electron chi connectivity index (χ4n) is 1.70. The van der Waals surface area contributed by atoms with E-state index in [1.54, 1.807) is 31.6 Å². The number of aryl methyl sites for hydroxylation is 1. The van der Waals surface area contributed by atoms with Crippen molar-refractivity contribution in [2.75, 3.05) is 13.7 Å². The summed E-state index contributed by atoms with van der Waals surface area (Å²) in [5.74, 6) is -0.110. The molecule has 0 N–H and O–H groups in total. The van der Waals surface area contributed by atoms with Crippen LogP contribution in [-0.2, 0) is 4.74 Å². The van der Waals surface area contributed by atoms with Crippen LogP contribution in [0.5, 0.6) is 5.88 Å². The smallest absolute Gasteiger partial charge is 0.357 e. The van der Waals surface area contributed by atoms with E-state index in [1.807, 2.05) is 11.5 Å². The number of hydrogen-bond donors (Lipinski definition) is 0. The zero-order chi connectivity index (χ0) is 13.8. The van der Waals surface area contributed by atoms with Gasteiger partial charge in [-0.3, -0.25) is 4.57 Å². The number of hydrogen-bond acceptors (Lipinski definition) is 5. The van der Waals surface area contributed by atoms with Crippen molar-refractivity contribution in [2.45, 2.75) is 13.8 Å². The lowest BCUT2D eigenvalue weighted by Gasteiger charge is -2.11. The Bertz CT molecular complexity index is 593. The normalized spacial score (nSPS) is 10.3. The van der Waals surface area contributed by atoms with Crippen LogP contribution < -0.4 is 4.74 Å². The van der Waals surface area contributed by atoms with Gasteiger partial charge < -0.3 is 9.47 Å². The highest BCUT2D eigenvalue weighted by molar-refractivity contribution is 5.87. The van der Waals surface area contributed by atoms with Crippen molar-refractivity contribution in [3.05, 3.63) is 36.0 Å². The van der Waals surface area contributed by atoms with Crippen molar-refractivity contribution in [1.82, 2.24) is 14.5 Å². The predicted octanol–water partition coefficient (Wildman–Crippen LogP) is 1.76. The maximum absolute atomic E-state index is 11.6. The van der Waals surface area contributed by atoms with Crippen molar-refractivity contribution in [3.63, 3.8) is 0 Å².